The summed E-state index contributed by atoms with van der Waals surface area (Å²) < 4.78 is 4.61. The Bertz CT molecular complexity index is 1240. The zero-order valence-corrected chi connectivity index (χ0v) is 18.4. The van der Waals surface area contributed by atoms with Gasteiger partial charge in [-0.05, 0) is 48.2 Å². The quantitative estimate of drug-likeness (QED) is 0.429. The van der Waals surface area contributed by atoms with E-state index in [9.17, 15) is 9.59 Å². The molecule has 1 N–H and O–H groups in total. The maximum Gasteiger partial charge on any atom is 0.275 e. The number of carbonyl (C=O) groups is 1. The number of hydrogen-bond acceptors (Lipinski definition) is 2. The summed E-state index contributed by atoms with van der Waals surface area (Å²) in [4.78, 5) is 25.3. The zero-order valence-electron chi connectivity index (χ0n) is 16.8. The standard InChI is InChI=1S/C24H24BrN3O2/c1-17(18-7-3-2-4-8-18)16-26-23(29)10-6-14-28-22-15-19(25)11-12-20(22)27-13-5-9-21(27)24(28)30/h2-5,7-9,11-13,15,17H,6,10,14,16H2,1H3,(H,26,29)/t17-/m1/s1. The minimum Gasteiger partial charge on any atom is -0.356 e. The minimum absolute atomic E-state index is 0.0140. The molecule has 5 nitrogen and oxygen atoms in total. The van der Waals surface area contributed by atoms with Crippen molar-refractivity contribution in [2.45, 2.75) is 32.2 Å². The summed E-state index contributed by atoms with van der Waals surface area (Å²) in [6.45, 7) is 3.20. The van der Waals surface area contributed by atoms with Gasteiger partial charge in [0, 0.05) is 30.2 Å². The second kappa shape index (κ2) is 8.88. The third kappa shape index (κ3) is 4.19. The number of rotatable bonds is 7. The van der Waals surface area contributed by atoms with E-state index in [2.05, 4.69) is 40.3 Å². The largest absolute Gasteiger partial charge is 0.356 e. The van der Waals surface area contributed by atoms with Crippen LogP contribution < -0.4 is 10.9 Å². The molecule has 1 amide bonds. The number of nitrogens with one attached hydrogen (secondary N) is 1. The third-order valence-electron chi connectivity index (χ3n) is 5.46. The van der Waals surface area contributed by atoms with Crippen LogP contribution in [0.25, 0.3) is 16.6 Å². The average molecular weight is 466 g/mol. The molecule has 0 unspecified atom stereocenters. The van der Waals surface area contributed by atoms with Gasteiger partial charge >= 0.3 is 0 Å². The Morgan fingerprint density at radius 1 is 1.03 bits per heavy atom. The van der Waals surface area contributed by atoms with Crippen LogP contribution in [0.4, 0.5) is 0 Å². The number of amides is 1. The lowest BCUT2D eigenvalue weighted by Gasteiger charge is -2.14. The molecule has 2 aromatic heterocycles. The second-order valence-electron chi connectivity index (χ2n) is 7.57. The highest BCUT2D eigenvalue weighted by atomic mass is 79.9. The Balaban J connectivity index is 1.43. The van der Waals surface area contributed by atoms with Crippen molar-refractivity contribution < 1.29 is 4.79 Å². The van der Waals surface area contributed by atoms with E-state index in [-0.39, 0.29) is 17.4 Å². The topological polar surface area (TPSA) is 55.5 Å². The summed E-state index contributed by atoms with van der Waals surface area (Å²) >= 11 is 3.50. The molecule has 0 saturated heterocycles. The molecule has 154 valence electrons. The fourth-order valence-electron chi connectivity index (χ4n) is 3.80. The van der Waals surface area contributed by atoms with Gasteiger partial charge in [0.2, 0.25) is 5.91 Å². The molecule has 2 heterocycles. The Kier molecular flexibility index (Phi) is 6.04. The predicted octanol–water partition coefficient (Wildman–Crippen LogP) is 4.72. The Hall–Kier alpha value is -2.86. The first-order chi connectivity index (χ1) is 14.5. The summed E-state index contributed by atoms with van der Waals surface area (Å²) in [6, 6.07) is 19.8. The molecule has 4 aromatic rings. The van der Waals surface area contributed by atoms with Gasteiger partial charge in [-0.25, -0.2) is 0 Å². The van der Waals surface area contributed by atoms with Crippen molar-refractivity contribution in [3.8, 4) is 0 Å². The van der Waals surface area contributed by atoms with Gasteiger partial charge in [-0.15, -0.1) is 0 Å². The molecule has 2 aromatic carbocycles. The fraction of sp³-hybridized carbons (Fsp3) is 0.250. The van der Waals surface area contributed by atoms with Crippen LogP contribution in [0, 0.1) is 0 Å². The van der Waals surface area contributed by atoms with E-state index in [0.717, 1.165) is 15.5 Å². The van der Waals surface area contributed by atoms with E-state index >= 15 is 0 Å². The summed E-state index contributed by atoms with van der Waals surface area (Å²) in [5, 5.41) is 3.02. The van der Waals surface area contributed by atoms with Gasteiger partial charge in [-0.2, -0.15) is 0 Å². The van der Waals surface area contributed by atoms with Gasteiger partial charge in [0.1, 0.15) is 5.52 Å². The molecule has 6 heteroatoms. The number of benzene rings is 2. The molecule has 0 spiro atoms. The number of aromatic nitrogens is 2. The van der Waals surface area contributed by atoms with Crippen molar-refractivity contribution in [3.05, 3.63) is 87.3 Å². The molecule has 0 aliphatic carbocycles. The van der Waals surface area contributed by atoms with Crippen molar-refractivity contribution in [3.63, 3.8) is 0 Å². The molecule has 0 bridgehead atoms. The van der Waals surface area contributed by atoms with E-state index < -0.39 is 0 Å². The number of aryl methyl sites for hydroxylation is 1. The van der Waals surface area contributed by atoms with Gasteiger partial charge in [-0.3, -0.25) is 9.59 Å². The fourth-order valence-corrected chi connectivity index (χ4v) is 4.15. The van der Waals surface area contributed by atoms with E-state index in [1.54, 1.807) is 4.57 Å². The van der Waals surface area contributed by atoms with Crippen molar-refractivity contribution in [1.82, 2.24) is 14.3 Å². The first kappa shape index (κ1) is 20.4. The lowest BCUT2D eigenvalue weighted by molar-refractivity contribution is -0.121. The van der Waals surface area contributed by atoms with Crippen molar-refractivity contribution >= 4 is 38.4 Å². The summed E-state index contributed by atoms with van der Waals surface area (Å²) in [7, 11) is 0. The number of hydrogen-bond donors (Lipinski definition) is 1. The SMILES string of the molecule is C[C@H](CNC(=O)CCCn1c(=O)c2cccn2c2ccc(Br)cc21)c1ccccc1. The highest BCUT2D eigenvalue weighted by molar-refractivity contribution is 9.10. The molecule has 0 radical (unpaired) electrons. The number of carbonyl (C=O) groups excluding carboxylic acids is 1. The number of halogens is 1. The van der Waals surface area contributed by atoms with E-state index in [4.69, 9.17) is 0 Å². The van der Waals surface area contributed by atoms with Gasteiger partial charge in [0.25, 0.3) is 5.56 Å². The molecule has 0 aliphatic heterocycles. The first-order valence-electron chi connectivity index (χ1n) is 10.2. The molecule has 0 fully saturated rings. The summed E-state index contributed by atoms with van der Waals surface area (Å²) in [5.41, 5.74) is 3.65. The van der Waals surface area contributed by atoms with E-state index in [1.807, 2.05) is 59.1 Å². The van der Waals surface area contributed by atoms with Crippen LogP contribution >= 0.6 is 15.9 Å². The summed E-state index contributed by atoms with van der Waals surface area (Å²) in [5.74, 6) is 0.274. The smallest absolute Gasteiger partial charge is 0.275 e. The summed E-state index contributed by atoms with van der Waals surface area (Å²) in [6.07, 6.45) is 2.89. The lowest BCUT2D eigenvalue weighted by atomic mass is 10.0. The van der Waals surface area contributed by atoms with Gasteiger partial charge in [-0.1, -0.05) is 53.2 Å². The molecular formula is C24H24BrN3O2. The molecule has 30 heavy (non-hydrogen) atoms. The van der Waals surface area contributed by atoms with Gasteiger partial charge in [0.15, 0.2) is 0 Å². The minimum atomic E-state index is -0.0382. The zero-order chi connectivity index (χ0) is 21.1. The van der Waals surface area contributed by atoms with Crippen molar-refractivity contribution in [1.29, 1.82) is 0 Å². The van der Waals surface area contributed by atoms with Crippen LogP contribution in [0.15, 0.2) is 76.1 Å². The van der Waals surface area contributed by atoms with E-state index in [0.29, 0.717) is 31.4 Å². The molecule has 0 saturated carbocycles. The van der Waals surface area contributed by atoms with Crippen LogP contribution in [-0.2, 0) is 11.3 Å². The van der Waals surface area contributed by atoms with Crippen LogP contribution in [0.2, 0.25) is 0 Å². The van der Waals surface area contributed by atoms with Crippen molar-refractivity contribution in [2.75, 3.05) is 6.54 Å². The van der Waals surface area contributed by atoms with Crippen molar-refractivity contribution in [2.24, 2.45) is 0 Å². The van der Waals surface area contributed by atoms with Crippen LogP contribution in [0.3, 0.4) is 0 Å². The van der Waals surface area contributed by atoms with Crippen LogP contribution in [-0.4, -0.2) is 21.4 Å². The maximum atomic E-state index is 13.0. The highest BCUT2D eigenvalue weighted by Gasteiger charge is 2.12. The highest BCUT2D eigenvalue weighted by Crippen LogP contribution is 2.21. The van der Waals surface area contributed by atoms with Crippen LogP contribution in [0.5, 0.6) is 0 Å². The monoisotopic (exact) mass is 465 g/mol. The number of fused-ring (bicyclic) bond motifs is 3. The Labute approximate surface area is 183 Å². The average Bonchev–Trinajstić information content (AvgIpc) is 3.25. The second-order valence-corrected chi connectivity index (χ2v) is 8.49. The molecule has 4 rings (SSSR count). The van der Waals surface area contributed by atoms with Gasteiger partial charge < -0.3 is 14.3 Å². The lowest BCUT2D eigenvalue weighted by Crippen LogP contribution is -2.28. The normalized spacial score (nSPS) is 12.3. The first-order valence-corrected chi connectivity index (χ1v) is 10.9. The molecular weight excluding hydrogens is 442 g/mol. The van der Waals surface area contributed by atoms with Gasteiger partial charge in [0.05, 0.1) is 11.0 Å². The predicted molar refractivity (Wildman–Crippen MR) is 124 cm³/mol. The molecule has 0 aliphatic rings. The third-order valence-corrected chi connectivity index (χ3v) is 5.95. The molecule has 1 atom stereocenters. The maximum absolute atomic E-state index is 13.0. The Morgan fingerprint density at radius 3 is 2.63 bits per heavy atom. The van der Waals surface area contributed by atoms with Crippen LogP contribution in [0.1, 0.15) is 31.2 Å². The number of nitrogens with zero attached hydrogens (tertiary/aromatic N) is 2. The Morgan fingerprint density at radius 2 is 1.83 bits per heavy atom. The van der Waals surface area contributed by atoms with E-state index in [1.165, 1.54) is 5.56 Å².